The molecule has 0 unspecified atom stereocenters. The maximum absolute atomic E-state index is 10.9. The Bertz CT molecular complexity index is 219. The number of carbonyl (C=O) groups excluding carboxylic acids is 1. The van der Waals surface area contributed by atoms with E-state index in [9.17, 15) is 4.79 Å². The van der Waals surface area contributed by atoms with Crippen LogP contribution in [0.25, 0.3) is 0 Å². The molecule has 0 aliphatic rings. The molecule has 0 aliphatic heterocycles. The summed E-state index contributed by atoms with van der Waals surface area (Å²) < 4.78 is 0. The fourth-order valence-corrected chi connectivity index (χ4v) is 2.05. The van der Waals surface area contributed by atoms with Crippen molar-refractivity contribution in [2.24, 2.45) is 0 Å². The maximum atomic E-state index is 10.9. The van der Waals surface area contributed by atoms with Crippen LogP contribution in [-0.2, 0) is 4.79 Å². The lowest BCUT2D eigenvalue weighted by Crippen LogP contribution is -2.34. The molecule has 0 rings (SSSR count). The number of hydrogen-bond donors (Lipinski definition) is 2. The standard InChI is InChI=1S/C14H29BN2O2/c1-3-5-10-17(11-6-4-2)12-8-7-9-13(16-19)14(15)18/h13,16,19H,3-12H2,1-2H3/t13-/m0/s1. The van der Waals surface area contributed by atoms with Crippen molar-refractivity contribution in [3.8, 4) is 0 Å². The second-order valence-corrected chi connectivity index (χ2v) is 5.13. The molecule has 0 aromatic heterocycles. The maximum Gasteiger partial charge on any atom is 0.170 e. The fraction of sp³-hybridized carbons (Fsp3) is 0.929. The van der Waals surface area contributed by atoms with Gasteiger partial charge in [0, 0.05) is 0 Å². The van der Waals surface area contributed by atoms with Crippen molar-refractivity contribution in [3.63, 3.8) is 0 Å². The van der Waals surface area contributed by atoms with Gasteiger partial charge in [0.2, 0.25) is 0 Å². The van der Waals surface area contributed by atoms with E-state index in [1.165, 1.54) is 25.7 Å². The summed E-state index contributed by atoms with van der Waals surface area (Å²) in [6.45, 7) is 7.81. The lowest BCUT2D eigenvalue weighted by atomic mass is 9.92. The van der Waals surface area contributed by atoms with Crippen LogP contribution in [0.1, 0.15) is 58.8 Å². The summed E-state index contributed by atoms with van der Waals surface area (Å²) in [6, 6.07) is -0.611. The molecule has 0 spiro atoms. The van der Waals surface area contributed by atoms with E-state index in [1.54, 1.807) is 0 Å². The van der Waals surface area contributed by atoms with E-state index in [-0.39, 0.29) is 0 Å². The molecular weight excluding hydrogens is 239 g/mol. The second-order valence-electron chi connectivity index (χ2n) is 5.13. The molecule has 5 heteroatoms. The normalized spacial score (nSPS) is 12.8. The minimum Gasteiger partial charge on any atom is -0.316 e. The van der Waals surface area contributed by atoms with Gasteiger partial charge in [0.25, 0.3) is 0 Å². The highest BCUT2D eigenvalue weighted by Crippen LogP contribution is 2.05. The van der Waals surface area contributed by atoms with Gasteiger partial charge in [-0.1, -0.05) is 33.1 Å². The van der Waals surface area contributed by atoms with E-state index < -0.39 is 11.7 Å². The Morgan fingerprint density at radius 1 is 1.11 bits per heavy atom. The van der Waals surface area contributed by atoms with E-state index >= 15 is 0 Å². The van der Waals surface area contributed by atoms with E-state index in [0.29, 0.717) is 6.42 Å². The van der Waals surface area contributed by atoms with Gasteiger partial charge in [-0.25, -0.2) is 0 Å². The van der Waals surface area contributed by atoms with E-state index in [4.69, 9.17) is 13.1 Å². The Kier molecular flexibility index (Phi) is 12.4. The van der Waals surface area contributed by atoms with Crippen LogP contribution in [-0.4, -0.2) is 49.3 Å². The summed E-state index contributed by atoms with van der Waals surface area (Å²) in [4.78, 5) is 13.4. The second kappa shape index (κ2) is 12.6. The van der Waals surface area contributed by atoms with Gasteiger partial charge in [-0.3, -0.25) is 0 Å². The highest BCUT2D eigenvalue weighted by molar-refractivity contribution is 6.59. The molecule has 0 saturated carbocycles. The smallest absolute Gasteiger partial charge is 0.170 e. The Morgan fingerprint density at radius 3 is 2.05 bits per heavy atom. The van der Waals surface area contributed by atoms with Gasteiger partial charge in [0.1, 0.15) is 0 Å². The van der Waals surface area contributed by atoms with E-state index in [2.05, 4.69) is 18.7 Å². The SMILES string of the molecule is [B]C(=O)[C@H](CCCCN(CCCC)CCCC)NO. The number of carbonyl (C=O) groups is 1. The molecule has 2 radical (unpaired) electrons. The van der Waals surface area contributed by atoms with Crippen LogP contribution in [0.15, 0.2) is 0 Å². The molecular formula is C14H29BN2O2. The number of rotatable bonds is 13. The Labute approximate surface area is 119 Å². The average Bonchev–Trinajstić information content (AvgIpc) is 2.40. The predicted molar refractivity (Wildman–Crippen MR) is 79.6 cm³/mol. The molecule has 0 saturated heterocycles. The molecule has 0 aromatic carbocycles. The molecule has 0 aliphatic carbocycles. The van der Waals surface area contributed by atoms with Crippen LogP contribution in [0.3, 0.4) is 0 Å². The first-order valence-corrected chi connectivity index (χ1v) is 7.56. The van der Waals surface area contributed by atoms with Gasteiger partial charge < -0.3 is 14.9 Å². The van der Waals surface area contributed by atoms with Crippen molar-refractivity contribution < 1.29 is 10.0 Å². The molecule has 4 nitrogen and oxygen atoms in total. The number of nitrogens with zero attached hydrogens (tertiary/aromatic N) is 1. The highest BCUT2D eigenvalue weighted by Gasteiger charge is 2.11. The first-order valence-electron chi connectivity index (χ1n) is 7.56. The van der Waals surface area contributed by atoms with E-state index in [1.807, 2.05) is 5.48 Å². The van der Waals surface area contributed by atoms with Crippen LogP contribution in [0.2, 0.25) is 0 Å². The Morgan fingerprint density at radius 2 is 1.63 bits per heavy atom. The number of hydrogen-bond acceptors (Lipinski definition) is 4. The molecule has 0 fully saturated rings. The van der Waals surface area contributed by atoms with Gasteiger partial charge in [-0.2, -0.15) is 5.48 Å². The number of hydroxylamine groups is 1. The summed E-state index contributed by atoms with van der Waals surface area (Å²) in [5, 5.41) is 8.78. The first kappa shape index (κ1) is 18.6. The van der Waals surface area contributed by atoms with E-state index in [0.717, 1.165) is 32.5 Å². The largest absolute Gasteiger partial charge is 0.316 e. The molecule has 110 valence electrons. The third-order valence-corrected chi connectivity index (χ3v) is 3.37. The zero-order valence-corrected chi connectivity index (χ0v) is 12.5. The summed E-state index contributed by atoms with van der Waals surface area (Å²) in [6.07, 6.45) is 7.47. The summed E-state index contributed by atoms with van der Waals surface area (Å²) in [5.74, 6) is 0. The van der Waals surface area contributed by atoms with Crippen LogP contribution in [0.4, 0.5) is 0 Å². The highest BCUT2D eigenvalue weighted by atomic mass is 16.5. The number of unbranched alkanes of at least 4 members (excludes halogenated alkanes) is 3. The van der Waals surface area contributed by atoms with Crippen LogP contribution in [0.5, 0.6) is 0 Å². The quantitative estimate of drug-likeness (QED) is 0.305. The van der Waals surface area contributed by atoms with Crippen molar-refractivity contribution in [2.45, 2.75) is 64.8 Å². The molecule has 2 N–H and O–H groups in total. The minimum atomic E-state index is -0.611. The first-order chi connectivity index (χ1) is 9.15. The monoisotopic (exact) mass is 268 g/mol. The molecule has 19 heavy (non-hydrogen) atoms. The van der Waals surface area contributed by atoms with Crippen molar-refractivity contribution in [2.75, 3.05) is 19.6 Å². The molecule has 0 heterocycles. The summed E-state index contributed by atoms with van der Waals surface area (Å²) in [5.41, 5.74) is 1.48. The van der Waals surface area contributed by atoms with Crippen LogP contribution >= 0.6 is 0 Å². The van der Waals surface area contributed by atoms with Gasteiger partial charge in [0.05, 0.1) is 11.7 Å². The molecule has 0 bridgehead atoms. The summed E-state index contributed by atoms with van der Waals surface area (Å²) in [7, 11) is 5.15. The lowest BCUT2D eigenvalue weighted by Gasteiger charge is -2.22. The van der Waals surface area contributed by atoms with Gasteiger partial charge in [-0.15, -0.1) is 0 Å². The Balaban J connectivity index is 3.80. The minimum absolute atomic E-state index is 0.490. The fourth-order valence-electron chi connectivity index (χ4n) is 2.05. The zero-order chi connectivity index (χ0) is 14.5. The third kappa shape index (κ3) is 10.1. The van der Waals surface area contributed by atoms with Crippen molar-refractivity contribution in [3.05, 3.63) is 0 Å². The van der Waals surface area contributed by atoms with Crippen LogP contribution in [0, 0.1) is 0 Å². The lowest BCUT2D eigenvalue weighted by molar-refractivity contribution is -0.116. The zero-order valence-electron chi connectivity index (χ0n) is 12.5. The third-order valence-electron chi connectivity index (χ3n) is 3.37. The molecule has 1 atom stereocenters. The molecule has 0 amide bonds. The average molecular weight is 268 g/mol. The predicted octanol–water partition coefficient (Wildman–Crippen LogP) is 2.10. The van der Waals surface area contributed by atoms with Crippen molar-refractivity contribution in [1.82, 2.24) is 10.4 Å². The summed E-state index contributed by atoms with van der Waals surface area (Å²) >= 11 is 0. The topological polar surface area (TPSA) is 52.6 Å². The number of nitrogens with one attached hydrogen (secondary N) is 1. The van der Waals surface area contributed by atoms with Gasteiger partial charge in [-0.05, 0) is 45.3 Å². The van der Waals surface area contributed by atoms with Crippen LogP contribution < -0.4 is 5.48 Å². The van der Waals surface area contributed by atoms with Gasteiger partial charge in [0.15, 0.2) is 7.85 Å². The Hall–Kier alpha value is -0.385. The van der Waals surface area contributed by atoms with Gasteiger partial charge >= 0.3 is 0 Å². The van der Waals surface area contributed by atoms with Crippen molar-refractivity contribution in [1.29, 1.82) is 0 Å². The van der Waals surface area contributed by atoms with Crippen molar-refractivity contribution >= 4 is 13.5 Å². The molecule has 0 aromatic rings.